The number of nitrogens with one attached hydrogen (secondary N) is 1. The van der Waals surface area contributed by atoms with Crippen LogP contribution in [-0.2, 0) is 13.1 Å². The van der Waals surface area contributed by atoms with Gasteiger partial charge in [-0.05, 0) is 35.4 Å². The van der Waals surface area contributed by atoms with Crippen molar-refractivity contribution in [1.82, 2.24) is 9.88 Å². The second kappa shape index (κ2) is 6.73. The molecule has 0 bridgehead atoms. The third-order valence-electron chi connectivity index (χ3n) is 3.77. The molecule has 1 aromatic heterocycles. The zero-order valence-corrected chi connectivity index (χ0v) is 12.3. The SMILES string of the molecule is OCCNCc1cccc2c1ccn2Cc1ccc(F)cc1. The molecule has 2 N–H and O–H groups in total. The van der Waals surface area contributed by atoms with E-state index < -0.39 is 0 Å². The monoisotopic (exact) mass is 298 g/mol. The van der Waals surface area contributed by atoms with Crippen molar-refractivity contribution in [2.45, 2.75) is 13.1 Å². The number of fused-ring (bicyclic) bond motifs is 1. The van der Waals surface area contributed by atoms with Crippen molar-refractivity contribution < 1.29 is 9.50 Å². The second-order valence-corrected chi connectivity index (χ2v) is 5.32. The van der Waals surface area contributed by atoms with E-state index in [2.05, 4.69) is 34.3 Å². The van der Waals surface area contributed by atoms with E-state index in [4.69, 9.17) is 5.11 Å². The molecule has 3 rings (SSSR count). The first kappa shape index (κ1) is 14.8. The minimum atomic E-state index is -0.210. The average molecular weight is 298 g/mol. The molecule has 0 saturated carbocycles. The van der Waals surface area contributed by atoms with E-state index in [9.17, 15) is 4.39 Å². The smallest absolute Gasteiger partial charge is 0.123 e. The van der Waals surface area contributed by atoms with Crippen LogP contribution in [0.2, 0.25) is 0 Å². The Hall–Kier alpha value is -2.17. The van der Waals surface area contributed by atoms with Gasteiger partial charge in [-0.15, -0.1) is 0 Å². The number of aliphatic hydroxyl groups is 1. The maximum Gasteiger partial charge on any atom is 0.123 e. The molecule has 3 nitrogen and oxygen atoms in total. The molecule has 0 radical (unpaired) electrons. The first-order valence-electron chi connectivity index (χ1n) is 7.40. The quantitative estimate of drug-likeness (QED) is 0.687. The fourth-order valence-corrected chi connectivity index (χ4v) is 2.67. The highest BCUT2D eigenvalue weighted by Crippen LogP contribution is 2.21. The molecular weight excluding hydrogens is 279 g/mol. The minimum Gasteiger partial charge on any atom is -0.395 e. The first-order chi connectivity index (χ1) is 10.8. The Morgan fingerprint density at radius 2 is 1.86 bits per heavy atom. The van der Waals surface area contributed by atoms with Gasteiger partial charge in [-0.2, -0.15) is 0 Å². The highest BCUT2D eigenvalue weighted by Gasteiger charge is 2.06. The largest absolute Gasteiger partial charge is 0.395 e. The number of rotatable bonds is 6. The summed E-state index contributed by atoms with van der Waals surface area (Å²) in [6, 6.07) is 14.9. The van der Waals surface area contributed by atoms with E-state index in [1.165, 1.54) is 23.1 Å². The van der Waals surface area contributed by atoms with Crippen molar-refractivity contribution in [3.8, 4) is 0 Å². The molecule has 0 aliphatic carbocycles. The molecule has 4 heteroatoms. The number of aromatic nitrogens is 1. The second-order valence-electron chi connectivity index (χ2n) is 5.32. The van der Waals surface area contributed by atoms with Crippen LogP contribution in [0.4, 0.5) is 4.39 Å². The number of hydrogen-bond donors (Lipinski definition) is 2. The van der Waals surface area contributed by atoms with Crippen molar-refractivity contribution in [3.63, 3.8) is 0 Å². The summed E-state index contributed by atoms with van der Waals surface area (Å²) >= 11 is 0. The van der Waals surface area contributed by atoms with E-state index in [1.807, 2.05) is 18.2 Å². The van der Waals surface area contributed by atoms with Gasteiger partial charge in [0.25, 0.3) is 0 Å². The van der Waals surface area contributed by atoms with Crippen molar-refractivity contribution in [1.29, 1.82) is 0 Å². The Bertz CT molecular complexity index is 749. The fourth-order valence-electron chi connectivity index (χ4n) is 2.67. The van der Waals surface area contributed by atoms with Crippen LogP contribution in [0, 0.1) is 5.82 Å². The van der Waals surface area contributed by atoms with E-state index in [-0.39, 0.29) is 12.4 Å². The molecule has 22 heavy (non-hydrogen) atoms. The van der Waals surface area contributed by atoms with Gasteiger partial charge in [0.15, 0.2) is 0 Å². The lowest BCUT2D eigenvalue weighted by molar-refractivity contribution is 0.292. The van der Waals surface area contributed by atoms with E-state index in [0.29, 0.717) is 6.54 Å². The van der Waals surface area contributed by atoms with Gasteiger partial charge >= 0.3 is 0 Å². The molecule has 1 heterocycles. The molecule has 0 atom stereocenters. The fraction of sp³-hybridized carbons (Fsp3) is 0.222. The van der Waals surface area contributed by atoms with Crippen LogP contribution >= 0.6 is 0 Å². The topological polar surface area (TPSA) is 37.2 Å². The molecule has 3 aromatic rings. The zero-order chi connectivity index (χ0) is 15.4. The Kier molecular flexibility index (Phi) is 4.51. The van der Waals surface area contributed by atoms with Gasteiger partial charge in [0, 0.05) is 36.7 Å². The first-order valence-corrected chi connectivity index (χ1v) is 7.40. The van der Waals surface area contributed by atoms with E-state index in [0.717, 1.165) is 24.2 Å². The summed E-state index contributed by atoms with van der Waals surface area (Å²) in [6.45, 7) is 2.18. The molecular formula is C18H19FN2O. The number of benzene rings is 2. The van der Waals surface area contributed by atoms with Gasteiger partial charge in [-0.1, -0.05) is 24.3 Å². The highest BCUT2D eigenvalue weighted by atomic mass is 19.1. The van der Waals surface area contributed by atoms with Crippen molar-refractivity contribution >= 4 is 10.9 Å². The van der Waals surface area contributed by atoms with Crippen LogP contribution in [0.5, 0.6) is 0 Å². The lowest BCUT2D eigenvalue weighted by atomic mass is 10.1. The summed E-state index contributed by atoms with van der Waals surface area (Å²) in [6.07, 6.45) is 2.06. The molecule has 0 spiro atoms. The molecule has 0 fully saturated rings. The normalized spacial score (nSPS) is 11.2. The molecule has 0 saturated heterocycles. The van der Waals surface area contributed by atoms with Gasteiger partial charge in [-0.3, -0.25) is 0 Å². The highest BCUT2D eigenvalue weighted by molar-refractivity contribution is 5.83. The Morgan fingerprint density at radius 1 is 1.05 bits per heavy atom. The third-order valence-corrected chi connectivity index (χ3v) is 3.77. The van der Waals surface area contributed by atoms with Crippen molar-refractivity contribution in [3.05, 3.63) is 71.7 Å². The summed E-state index contributed by atoms with van der Waals surface area (Å²) < 4.78 is 15.2. The van der Waals surface area contributed by atoms with Crippen LogP contribution in [-0.4, -0.2) is 22.8 Å². The summed E-state index contributed by atoms with van der Waals surface area (Å²) in [4.78, 5) is 0. The standard InChI is InChI=1S/C18H19FN2O/c19-16-6-4-14(5-7-16)13-21-10-8-17-15(12-20-9-11-22)2-1-3-18(17)21/h1-8,10,20,22H,9,11-13H2. The summed E-state index contributed by atoms with van der Waals surface area (Å²) in [7, 11) is 0. The lowest BCUT2D eigenvalue weighted by Crippen LogP contribution is -2.17. The predicted octanol–water partition coefficient (Wildman–Crippen LogP) is 2.91. The maximum atomic E-state index is 13.0. The van der Waals surface area contributed by atoms with Crippen LogP contribution in [0.15, 0.2) is 54.7 Å². The zero-order valence-electron chi connectivity index (χ0n) is 12.3. The summed E-state index contributed by atoms with van der Waals surface area (Å²) in [5, 5.41) is 13.3. The molecule has 114 valence electrons. The van der Waals surface area contributed by atoms with Gasteiger partial charge in [0.2, 0.25) is 0 Å². The maximum absolute atomic E-state index is 13.0. The molecule has 0 aliphatic rings. The Morgan fingerprint density at radius 3 is 2.64 bits per heavy atom. The van der Waals surface area contributed by atoms with Gasteiger partial charge in [0.1, 0.15) is 5.82 Å². The van der Waals surface area contributed by atoms with Gasteiger partial charge in [-0.25, -0.2) is 4.39 Å². The summed E-state index contributed by atoms with van der Waals surface area (Å²) in [5.41, 5.74) is 3.44. The van der Waals surface area contributed by atoms with Crippen molar-refractivity contribution in [2.24, 2.45) is 0 Å². The number of nitrogens with zero attached hydrogens (tertiary/aromatic N) is 1. The van der Waals surface area contributed by atoms with Gasteiger partial charge in [0.05, 0.1) is 6.61 Å². The van der Waals surface area contributed by atoms with Crippen LogP contribution < -0.4 is 5.32 Å². The molecule has 0 aliphatic heterocycles. The molecule has 2 aromatic carbocycles. The van der Waals surface area contributed by atoms with Crippen LogP contribution in [0.1, 0.15) is 11.1 Å². The van der Waals surface area contributed by atoms with Crippen LogP contribution in [0.3, 0.4) is 0 Å². The number of halogens is 1. The minimum absolute atomic E-state index is 0.140. The van der Waals surface area contributed by atoms with E-state index in [1.54, 1.807) is 0 Å². The van der Waals surface area contributed by atoms with Gasteiger partial charge < -0.3 is 15.0 Å². The third kappa shape index (κ3) is 3.18. The Labute approximate surface area is 129 Å². The molecule has 0 amide bonds. The average Bonchev–Trinajstić information content (AvgIpc) is 2.94. The van der Waals surface area contributed by atoms with Crippen molar-refractivity contribution in [2.75, 3.05) is 13.2 Å². The molecule has 0 unspecified atom stereocenters. The van der Waals surface area contributed by atoms with Crippen LogP contribution in [0.25, 0.3) is 10.9 Å². The summed E-state index contributed by atoms with van der Waals surface area (Å²) in [5.74, 6) is -0.210. The predicted molar refractivity (Wildman–Crippen MR) is 86.2 cm³/mol. The van der Waals surface area contributed by atoms with E-state index >= 15 is 0 Å². The lowest BCUT2D eigenvalue weighted by Gasteiger charge is -2.08. The number of hydrogen-bond acceptors (Lipinski definition) is 2. The number of aliphatic hydroxyl groups excluding tert-OH is 1. The Balaban J connectivity index is 1.85.